The van der Waals surface area contributed by atoms with E-state index in [-0.39, 0.29) is 6.03 Å². The Morgan fingerprint density at radius 3 is 2.73 bits per heavy atom. The van der Waals surface area contributed by atoms with E-state index < -0.39 is 0 Å². The second-order valence-electron chi connectivity index (χ2n) is 4.83. The smallest absolute Gasteiger partial charge is 0.317 e. The molecule has 15 heavy (non-hydrogen) atoms. The zero-order valence-corrected chi connectivity index (χ0v) is 9.67. The molecule has 1 unspecified atom stereocenters. The van der Waals surface area contributed by atoms with Gasteiger partial charge in [-0.3, -0.25) is 0 Å². The lowest BCUT2D eigenvalue weighted by Gasteiger charge is -2.36. The van der Waals surface area contributed by atoms with Gasteiger partial charge < -0.3 is 10.2 Å². The fourth-order valence-corrected chi connectivity index (χ4v) is 2.69. The maximum absolute atomic E-state index is 11.9. The van der Waals surface area contributed by atoms with Gasteiger partial charge in [0.2, 0.25) is 0 Å². The second-order valence-corrected chi connectivity index (χ2v) is 4.83. The summed E-state index contributed by atoms with van der Waals surface area (Å²) < 4.78 is 0. The van der Waals surface area contributed by atoms with Gasteiger partial charge in [0.05, 0.1) is 0 Å². The third-order valence-corrected chi connectivity index (χ3v) is 3.78. The number of carbonyl (C=O) groups is 1. The van der Waals surface area contributed by atoms with Crippen molar-refractivity contribution < 1.29 is 4.79 Å². The summed E-state index contributed by atoms with van der Waals surface area (Å²) in [5.41, 5.74) is 0. The molecule has 1 aliphatic heterocycles. The molecule has 3 heteroatoms. The molecule has 0 spiro atoms. The van der Waals surface area contributed by atoms with Crippen molar-refractivity contribution in [2.24, 2.45) is 5.92 Å². The average Bonchev–Trinajstić information content (AvgIpc) is 2.60. The Labute approximate surface area is 92.2 Å². The summed E-state index contributed by atoms with van der Waals surface area (Å²) in [4.78, 5) is 14.0. The largest absolute Gasteiger partial charge is 0.338 e. The zero-order chi connectivity index (χ0) is 10.7. The van der Waals surface area contributed by atoms with Crippen LogP contribution in [0.2, 0.25) is 0 Å². The molecule has 1 N–H and O–H groups in total. The molecule has 1 atom stereocenters. The molecule has 1 heterocycles. The lowest BCUT2D eigenvalue weighted by Crippen LogP contribution is -2.47. The van der Waals surface area contributed by atoms with E-state index in [0.29, 0.717) is 6.04 Å². The second kappa shape index (κ2) is 4.86. The minimum atomic E-state index is 0.172. The minimum Gasteiger partial charge on any atom is -0.338 e. The van der Waals surface area contributed by atoms with Gasteiger partial charge in [0, 0.05) is 19.1 Å². The number of nitrogens with one attached hydrogen (secondary N) is 1. The fourth-order valence-electron chi connectivity index (χ4n) is 2.69. The molecule has 1 saturated heterocycles. The normalized spacial score (nSPS) is 26.5. The predicted octanol–water partition coefficient (Wildman–Crippen LogP) is 2.37. The summed E-state index contributed by atoms with van der Waals surface area (Å²) in [7, 11) is 0. The van der Waals surface area contributed by atoms with Crippen LogP contribution in [-0.2, 0) is 0 Å². The van der Waals surface area contributed by atoms with Crippen LogP contribution in [0.15, 0.2) is 0 Å². The summed E-state index contributed by atoms with van der Waals surface area (Å²) in [5.74, 6) is 0.805. The molecule has 1 aliphatic carbocycles. The van der Waals surface area contributed by atoms with Crippen LogP contribution in [-0.4, -0.2) is 30.1 Å². The molecule has 0 aromatic carbocycles. The average molecular weight is 210 g/mol. The first-order chi connectivity index (χ1) is 7.33. The quantitative estimate of drug-likeness (QED) is 0.762. The monoisotopic (exact) mass is 210 g/mol. The van der Waals surface area contributed by atoms with Gasteiger partial charge in [0.1, 0.15) is 0 Å². The lowest BCUT2D eigenvalue weighted by atomic mass is 9.79. The van der Waals surface area contributed by atoms with Crippen molar-refractivity contribution in [2.45, 2.75) is 51.5 Å². The topological polar surface area (TPSA) is 32.3 Å². The van der Waals surface area contributed by atoms with Crippen molar-refractivity contribution in [3.8, 4) is 0 Å². The van der Waals surface area contributed by atoms with Gasteiger partial charge in [-0.15, -0.1) is 0 Å². The van der Waals surface area contributed by atoms with E-state index in [9.17, 15) is 4.79 Å². The highest BCUT2D eigenvalue weighted by atomic mass is 16.2. The molecule has 86 valence electrons. The number of rotatable bonds is 3. The van der Waals surface area contributed by atoms with Crippen molar-refractivity contribution in [1.29, 1.82) is 0 Å². The Bertz CT molecular complexity index is 226. The lowest BCUT2D eigenvalue weighted by molar-refractivity contribution is 0.139. The van der Waals surface area contributed by atoms with Crippen molar-refractivity contribution >= 4 is 6.03 Å². The van der Waals surface area contributed by atoms with Crippen molar-refractivity contribution in [1.82, 2.24) is 10.2 Å². The number of hydrogen-bond acceptors (Lipinski definition) is 1. The summed E-state index contributed by atoms with van der Waals surface area (Å²) in [5, 5.41) is 2.99. The predicted molar refractivity (Wildman–Crippen MR) is 60.8 cm³/mol. The maximum atomic E-state index is 11.9. The van der Waals surface area contributed by atoms with Gasteiger partial charge in [-0.05, 0) is 38.0 Å². The van der Waals surface area contributed by atoms with E-state index in [1.807, 2.05) is 0 Å². The zero-order valence-electron chi connectivity index (χ0n) is 9.67. The van der Waals surface area contributed by atoms with Crippen LogP contribution in [0.3, 0.4) is 0 Å². The Morgan fingerprint density at radius 2 is 2.13 bits per heavy atom. The maximum Gasteiger partial charge on any atom is 0.317 e. The number of hydrogen-bond donors (Lipinski definition) is 1. The molecule has 2 aliphatic rings. The summed E-state index contributed by atoms with van der Waals surface area (Å²) in [6.07, 6.45) is 7.48. The van der Waals surface area contributed by atoms with Crippen LogP contribution in [0.1, 0.15) is 45.4 Å². The van der Waals surface area contributed by atoms with Crippen LogP contribution < -0.4 is 5.32 Å². The summed E-state index contributed by atoms with van der Waals surface area (Å²) in [6.45, 7) is 3.87. The van der Waals surface area contributed by atoms with Gasteiger partial charge in [0.15, 0.2) is 0 Å². The molecular weight excluding hydrogens is 188 g/mol. The number of likely N-dealkylation sites (tertiary alicyclic amines) is 1. The van der Waals surface area contributed by atoms with E-state index in [1.165, 1.54) is 32.1 Å². The van der Waals surface area contributed by atoms with Crippen molar-refractivity contribution in [3.63, 3.8) is 0 Å². The van der Waals surface area contributed by atoms with E-state index in [2.05, 4.69) is 17.1 Å². The number of amides is 2. The first-order valence-corrected chi connectivity index (χ1v) is 6.37. The summed E-state index contributed by atoms with van der Waals surface area (Å²) in [6, 6.07) is 0.724. The van der Waals surface area contributed by atoms with Crippen LogP contribution in [0.5, 0.6) is 0 Å². The Kier molecular flexibility index (Phi) is 3.49. The van der Waals surface area contributed by atoms with Crippen LogP contribution >= 0.6 is 0 Å². The Morgan fingerprint density at radius 1 is 1.33 bits per heavy atom. The van der Waals surface area contributed by atoms with Gasteiger partial charge in [-0.1, -0.05) is 13.3 Å². The molecule has 1 saturated carbocycles. The first kappa shape index (κ1) is 10.8. The number of urea groups is 1. The Hall–Kier alpha value is -0.730. The highest BCUT2D eigenvalue weighted by molar-refractivity contribution is 5.74. The fraction of sp³-hybridized carbons (Fsp3) is 0.917. The van der Waals surface area contributed by atoms with Gasteiger partial charge >= 0.3 is 6.03 Å². The third kappa shape index (κ3) is 2.27. The molecule has 0 aromatic rings. The van der Waals surface area contributed by atoms with Gasteiger partial charge in [-0.2, -0.15) is 0 Å². The third-order valence-electron chi connectivity index (χ3n) is 3.78. The Balaban J connectivity index is 1.86. The van der Waals surface area contributed by atoms with E-state index >= 15 is 0 Å². The highest BCUT2D eigenvalue weighted by Crippen LogP contribution is 2.36. The molecule has 2 rings (SSSR count). The molecule has 2 amide bonds. The van der Waals surface area contributed by atoms with E-state index in [4.69, 9.17) is 0 Å². The van der Waals surface area contributed by atoms with Crippen LogP contribution in [0.4, 0.5) is 4.79 Å². The van der Waals surface area contributed by atoms with Crippen molar-refractivity contribution in [3.05, 3.63) is 0 Å². The van der Waals surface area contributed by atoms with E-state index in [1.54, 1.807) is 0 Å². The van der Waals surface area contributed by atoms with Gasteiger partial charge in [0.25, 0.3) is 0 Å². The molecule has 2 fully saturated rings. The molecule has 0 radical (unpaired) electrons. The van der Waals surface area contributed by atoms with Crippen LogP contribution in [0.25, 0.3) is 0 Å². The molecule has 0 bridgehead atoms. The minimum absolute atomic E-state index is 0.172. The molecular formula is C12H22N2O. The molecule has 3 nitrogen and oxygen atoms in total. The number of nitrogens with zero attached hydrogens (tertiary/aromatic N) is 1. The standard InChI is InChI=1S/C12H22N2O/c1-2-8-13-12(15)14-9-4-7-11(14)10-5-3-6-10/h10-11H,2-9H2,1H3,(H,13,15). The highest BCUT2D eigenvalue weighted by Gasteiger charge is 2.36. The summed E-state index contributed by atoms with van der Waals surface area (Å²) >= 11 is 0. The molecule has 0 aromatic heterocycles. The van der Waals surface area contributed by atoms with Gasteiger partial charge in [-0.25, -0.2) is 4.79 Å². The number of carbonyl (C=O) groups excluding carboxylic acids is 1. The SMILES string of the molecule is CCCNC(=O)N1CCCC1C1CCC1. The van der Waals surface area contributed by atoms with Crippen LogP contribution in [0, 0.1) is 5.92 Å². The van der Waals surface area contributed by atoms with E-state index in [0.717, 1.165) is 25.4 Å². The van der Waals surface area contributed by atoms with Crippen molar-refractivity contribution in [2.75, 3.05) is 13.1 Å². The first-order valence-electron chi connectivity index (χ1n) is 6.37.